The first kappa shape index (κ1) is 26.1. The summed E-state index contributed by atoms with van der Waals surface area (Å²) < 4.78 is 47.8. The molecule has 0 bridgehead atoms. The Labute approximate surface area is 212 Å². The first-order chi connectivity index (χ1) is 17.5. The maximum Gasteiger partial charge on any atom is 0.436 e. The number of anilines is 2. The maximum atomic E-state index is 13.9. The zero-order valence-corrected chi connectivity index (χ0v) is 21.0. The van der Waals surface area contributed by atoms with Crippen LogP contribution < -0.4 is 15.1 Å². The third kappa shape index (κ3) is 5.40. The van der Waals surface area contributed by atoms with E-state index in [1.165, 1.54) is 23.9 Å². The number of alkyl halides is 3. The van der Waals surface area contributed by atoms with Gasteiger partial charge in [-0.25, -0.2) is 9.48 Å². The second-order valence-electron chi connectivity index (χ2n) is 9.06. The average Bonchev–Trinajstić information content (AvgIpc) is 3.44. The lowest BCUT2D eigenvalue weighted by Crippen LogP contribution is -2.31. The summed E-state index contributed by atoms with van der Waals surface area (Å²) in [6.45, 7) is 2.66. The summed E-state index contributed by atoms with van der Waals surface area (Å²) in [6.07, 6.45) is -4.80. The lowest BCUT2D eigenvalue weighted by Gasteiger charge is -2.22. The number of amides is 1. The van der Waals surface area contributed by atoms with Gasteiger partial charge in [0, 0.05) is 32.9 Å². The van der Waals surface area contributed by atoms with E-state index >= 15 is 0 Å². The molecule has 8 nitrogen and oxygen atoms in total. The second-order valence-corrected chi connectivity index (χ2v) is 9.06. The molecule has 4 rings (SSSR count). The fourth-order valence-electron chi connectivity index (χ4n) is 4.34. The number of fused-ring (bicyclic) bond motifs is 1. The summed E-state index contributed by atoms with van der Waals surface area (Å²) in [5, 5.41) is 6.44. The number of carbonyl (C=O) groups excluding carboxylic acids is 2. The molecule has 3 aromatic rings. The van der Waals surface area contributed by atoms with E-state index in [0.29, 0.717) is 24.2 Å². The Balaban J connectivity index is 1.63. The van der Waals surface area contributed by atoms with Gasteiger partial charge in [-0.15, -0.1) is 0 Å². The molecule has 2 heterocycles. The molecule has 196 valence electrons. The number of nitrogens with zero attached hydrogens (tertiary/aromatic N) is 4. The first-order valence-electron chi connectivity index (χ1n) is 11.7. The average molecular weight is 516 g/mol. The van der Waals surface area contributed by atoms with Gasteiger partial charge >= 0.3 is 12.1 Å². The fourth-order valence-corrected chi connectivity index (χ4v) is 4.34. The van der Waals surface area contributed by atoms with Crippen molar-refractivity contribution in [1.29, 1.82) is 0 Å². The number of ether oxygens (including phenoxy) is 1. The van der Waals surface area contributed by atoms with Crippen LogP contribution in [0.4, 0.5) is 24.7 Å². The molecule has 11 heteroatoms. The van der Waals surface area contributed by atoms with E-state index in [0.717, 1.165) is 11.3 Å². The fraction of sp³-hybridized carbons (Fsp3) is 0.346. The zero-order valence-electron chi connectivity index (χ0n) is 21.0. The second kappa shape index (κ2) is 10.2. The van der Waals surface area contributed by atoms with Crippen LogP contribution in [-0.4, -0.2) is 49.4 Å². The Morgan fingerprint density at radius 1 is 1.14 bits per heavy atom. The normalized spacial score (nSPS) is 13.8. The monoisotopic (exact) mass is 515 g/mol. The Kier molecular flexibility index (Phi) is 7.15. The van der Waals surface area contributed by atoms with Gasteiger partial charge in [0.05, 0.1) is 25.3 Å². The number of hydrogen-bond acceptors (Lipinski definition) is 6. The predicted molar refractivity (Wildman–Crippen MR) is 133 cm³/mol. The zero-order chi connectivity index (χ0) is 26.9. The SMILES string of the molecule is COC(=O)c1ccc([C@H](C)NC(=O)c2c(C(F)(F)F)nn3c2N(Cc2cccc(N(C)C)c2)CC3)cc1. The highest BCUT2D eigenvalue weighted by Crippen LogP contribution is 2.39. The minimum Gasteiger partial charge on any atom is -0.465 e. The summed E-state index contributed by atoms with van der Waals surface area (Å²) in [4.78, 5) is 28.7. The van der Waals surface area contributed by atoms with Crippen molar-refractivity contribution >= 4 is 23.4 Å². The van der Waals surface area contributed by atoms with Crippen LogP contribution in [0.3, 0.4) is 0 Å². The first-order valence-corrected chi connectivity index (χ1v) is 11.7. The van der Waals surface area contributed by atoms with Gasteiger partial charge in [-0.1, -0.05) is 24.3 Å². The Hall–Kier alpha value is -4.02. The minimum atomic E-state index is -4.80. The standard InChI is InChI=1S/C26H28F3N5O3/c1-16(18-8-10-19(11-9-18)25(36)37-4)30-23(35)21-22(26(27,28)29)31-34-13-12-33(24(21)34)15-17-6-5-7-20(14-17)32(2)3/h5-11,14,16H,12-13,15H2,1-4H3,(H,30,35)/t16-/m0/s1. The van der Waals surface area contributed by atoms with Crippen LogP contribution in [0.25, 0.3) is 0 Å². The van der Waals surface area contributed by atoms with Gasteiger partial charge in [-0.05, 0) is 42.3 Å². The van der Waals surface area contributed by atoms with E-state index < -0.39 is 35.4 Å². The molecule has 37 heavy (non-hydrogen) atoms. The quantitative estimate of drug-likeness (QED) is 0.474. The molecule has 0 unspecified atom stereocenters. The van der Waals surface area contributed by atoms with Crippen LogP contribution in [0.1, 0.15) is 50.5 Å². The van der Waals surface area contributed by atoms with Crippen molar-refractivity contribution in [2.24, 2.45) is 0 Å². The summed E-state index contributed by atoms with van der Waals surface area (Å²) in [7, 11) is 5.09. The van der Waals surface area contributed by atoms with E-state index in [1.807, 2.05) is 43.3 Å². The predicted octanol–water partition coefficient (Wildman–Crippen LogP) is 4.27. The Morgan fingerprint density at radius 3 is 2.46 bits per heavy atom. The topological polar surface area (TPSA) is 79.7 Å². The number of hydrogen-bond donors (Lipinski definition) is 1. The molecule has 1 amide bonds. The van der Waals surface area contributed by atoms with Gasteiger partial charge in [0.2, 0.25) is 0 Å². The number of benzene rings is 2. The molecular formula is C26H28F3N5O3. The molecule has 1 aromatic heterocycles. The third-order valence-electron chi connectivity index (χ3n) is 6.28. The van der Waals surface area contributed by atoms with Crippen LogP contribution in [-0.2, 0) is 24.0 Å². The van der Waals surface area contributed by atoms with E-state index in [1.54, 1.807) is 24.0 Å². The number of rotatable bonds is 7. The van der Waals surface area contributed by atoms with Gasteiger partial charge in [0.15, 0.2) is 5.69 Å². The molecule has 2 aromatic carbocycles. The van der Waals surface area contributed by atoms with Crippen molar-refractivity contribution in [1.82, 2.24) is 15.1 Å². The smallest absolute Gasteiger partial charge is 0.436 e. The maximum absolute atomic E-state index is 13.9. The number of nitrogens with one attached hydrogen (secondary N) is 1. The van der Waals surface area contributed by atoms with E-state index in [-0.39, 0.29) is 12.4 Å². The van der Waals surface area contributed by atoms with Crippen molar-refractivity contribution in [2.45, 2.75) is 32.2 Å². The van der Waals surface area contributed by atoms with Gasteiger partial charge in [0.25, 0.3) is 5.91 Å². The number of halogens is 3. The van der Waals surface area contributed by atoms with Gasteiger partial charge in [-0.2, -0.15) is 18.3 Å². The van der Waals surface area contributed by atoms with Gasteiger partial charge < -0.3 is 19.9 Å². The van der Waals surface area contributed by atoms with Crippen LogP contribution in [0.15, 0.2) is 48.5 Å². The summed E-state index contributed by atoms with van der Waals surface area (Å²) >= 11 is 0. The molecule has 0 radical (unpaired) electrons. The Morgan fingerprint density at radius 2 is 1.84 bits per heavy atom. The van der Waals surface area contributed by atoms with Crippen LogP contribution >= 0.6 is 0 Å². The van der Waals surface area contributed by atoms with Crippen LogP contribution in [0, 0.1) is 0 Å². The summed E-state index contributed by atoms with van der Waals surface area (Å²) in [6, 6.07) is 13.4. The third-order valence-corrected chi connectivity index (χ3v) is 6.28. The highest BCUT2D eigenvalue weighted by Gasteiger charge is 2.44. The van der Waals surface area contributed by atoms with Crippen LogP contribution in [0.5, 0.6) is 0 Å². The van der Waals surface area contributed by atoms with Crippen molar-refractivity contribution in [3.05, 3.63) is 76.5 Å². The van der Waals surface area contributed by atoms with E-state index in [9.17, 15) is 22.8 Å². The molecule has 1 N–H and O–H groups in total. The molecule has 0 fully saturated rings. The number of esters is 1. The van der Waals surface area contributed by atoms with Crippen molar-refractivity contribution < 1.29 is 27.5 Å². The molecule has 1 atom stereocenters. The summed E-state index contributed by atoms with van der Waals surface area (Å²) in [5.41, 5.74) is 1.11. The van der Waals surface area contributed by atoms with Gasteiger partial charge in [0.1, 0.15) is 11.4 Å². The van der Waals surface area contributed by atoms with Crippen LogP contribution in [0.2, 0.25) is 0 Å². The van der Waals surface area contributed by atoms with Gasteiger partial charge in [-0.3, -0.25) is 4.79 Å². The molecule has 1 aliphatic heterocycles. The highest BCUT2D eigenvalue weighted by atomic mass is 19.4. The highest BCUT2D eigenvalue weighted by molar-refractivity contribution is 6.01. The largest absolute Gasteiger partial charge is 0.465 e. The lowest BCUT2D eigenvalue weighted by atomic mass is 10.1. The molecule has 0 saturated carbocycles. The minimum absolute atomic E-state index is 0.147. The van der Waals surface area contributed by atoms with E-state index in [4.69, 9.17) is 0 Å². The number of methoxy groups -OCH3 is 1. The molecular weight excluding hydrogens is 487 g/mol. The Bertz CT molecular complexity index is 1300. The summed E-state index contributed by atoms with van der Waals surface area (Å²) in [5.74, 6) is -1.23. The molecule has 0 spiro atoms. The van der Waals surface area contributed by atoms with Crippen molar-refractivity contribution in [2.75, 3.05) is 37.5 Å². The lowest BCUT2D eigenvalue weighted by molar-refractivity contribution is -0.141. The molecule has 1 aliphatic rings. The number of carbonyl (C=O) groups is 2. The molecule has 0 aliphatic carbocycles. The van der Waals surface area contributed by atoms with Crippen molar-refractivity contribution in [3.8, 4) is 0 Å². The number of aromatic nitrogens is 2. The molecule has 0 saturated heterocycles. The van der Waals surface area contributed by atoms with Crippen molar-refractivity contribution in [3.63, 3.8) is 0 Å². The van der Waals surface area contributed by atoms with E-state index in [2.05, 4.69) is 15.2 Å².